The van der Waals surface area contributed by atoms with Gasteiger partial charge in [-0.2, -0.15) is 23.5 Å². The van der Waals surface area contributed by atoms with Gasteiger partial charge < -0.3 is 79.0 Å². The van der Waals surface area contributed by atoms with E-state index in [-0.39, 0.29) is 55.4 Å². The normalized spacial score (nSPS) is 22.5. The fraction of sp³-hybridized carbons (Fsp3) is 0.429. The number of nitrogens with zero attached hydrogens (tertiary/aromatic N) is 2. The fourth-order valence-electron chi connectivity index (χ4n) is 11.1. The predicted molar refractivity (Wildman–Crippen MR) is 345 cm³/mol. The number of benzene rings is 3. The number of hydrogen-bond acceptors (Lipinski definition) is 15. The largest absolute Gasteiger partial charge is 0.481 e. The molecule has 2 aliphatic heterocycles. The number of carbonyl (C=O) groups is 11. The van der Waals surface area contributed by atoms with Crippen LogP contribution in [0.3, 0.4) is 0 Å². The zero-order valence-electron chi connectivity index (χ0n) is 51.7. The van der Waals surface area contributed by atoms with Crippen LogP contribution in [-0.4, -0.2) is 174 Å². The number of fused-ring (bicyclic) bond motifs is 5. The molecular formula is C63H77F2N15O12S2. The first kappa shape index (κ1) is 70.5. The highest BCUT2D eigenvalue weighted by Crippen LogP contribution is 2.26. The summed E-state index contributed by atoms with van der Waals surface area (Å²) in [5.74, 6) is -10.2. The van der Waals surface area contributed by atoms with Crippen molar-refractivity contribution in [2.24, 2.45) is 11.5 Å². The van der Waals surface area contributed by atoms with Crippen molar-refractivity contribution < 1.29 is 66.6 Å². The molecule has 1 saturated heterocycles. The van der Waals surface area contributed by atoms with E-state index in [1.54, 1.807) is 0 Å². The summed E-state index contributed by atoms with van der Waals surface area (Å²) in [6, 6.07) is 4.97. The molecule has 8 rings (SSSR count). The van der Waals surface area contributed by atoms with E-state index in [2.05, 4.69) is 62.5 Å². The maximum atomic E-state index is 14.9. The second-order valence-corrected chi connectivity index (χ2v) is 25.7. The maximum absolute atomic E-state index is 14.9. The lowest BCUT2D eigenvalue weighted by molar-refractivity contribution is -0.145. The number of nitrogens with one attached hydrogen (secondary N) is 11. The lowest BCUT2D eigenvalue weighted by Crippen LogP contribution is -2.63. The van der Waals surface area contributed by atoms with Crippen molar-refractivity contribution in [1.82, 2.24) is 67.4 Å². The molecule has 0 saturated carbocycles. The van der Waals surface area contributed by atoms with Gasteiger partial charge in [0.05, 0.1) is 19.3 Å². The number of hydrogen-bond donors (Lipinski definition) is 14. The molecule has 0 unspecified atom stereocenters. The first-order valence-corrected chi connectivity index (χ1v) is 32.9. The van der Waals surface area contributed by atoms with Crippen LogP contribution in [0.15, 0.2) is 85.6 Å². The summed E-state index contributed by atoms with van der Waals surface area (Å²) >= 11 is 2.81. The van der Waals surface area contributed by atoms with Crippen LogP contribution in [0.2, 0.25) is 0 Å². The smallest absolute Gasteiger partial charge is 0.305 e. The third-order valence-corrected chi connectivity index (χ3v) is 18.1. The summed E-state index contributed by atoms with van der Waals surface area (Å²) in [5, 5.41) is 31.6. The topological polar surface area (TPSA) is 420 Å². The van der Waals surface area contributed by atoms with Gasteiger partial charge in [-0.3, -0.25) is 52.7 Å². The monoisotopic (exact) mass is 1340 g/mol. The summed E-state index contributed by atoms with van der Waals surface area (Å²) in [6.07, 6.45) is 5.02. The molecule has 10 amide bonds. The molecule has 94 heavy (non-hydrogen) atoms. The average Bonchev–Trinajstić information content (AvgIpc) is 1.59. The number of rotatable bonds is 13. The minimum Gasteiger partial charge on any atom is -0.481 e. The number of imidazole rings is 1. The third kappa shape index (κ3) is 19.6. The summed E-state index contributed by atoms with van der Waals surface area (Å²) < 4.78 is 29.7. The Balaban J connectivity index is 1.11. The van der Waals surface area contributed by atoms with Gasteiger partial charge in [-0.25, -0.2) is 13.8 Å². The van der Waals surface area contributed by atoms with Crippen LogP contribution in [0.1, 0.15) is 86.7 Å². The molecule has 6 aromatic rings. The van der Waals surface area contributed by atoms with E-state index in [9.17, 15) is 66.6 Å². The predicted octanol–water partition coefficient (Wildman–Crippen LogP) is 1.25. The quantitative estimate of drug-likeness (QED) is 0.0724. The Morgan fingerprint density at radius 3 is 1.88 bits per heavy atom. The Kier molecular flexibility index (Phi) is 24.7. The molecule has 0 aliphatic carbocycles. The number of aromatic amines is 3. The lowest BCUT2D eigenvalue weighted by atomic mass is 10.00. The number of halogens is 2. The second-order valence-electron chi connectivity index (χ2n) is 23.6. The Morgan fingerprint density at radius 1 is 0.681 bits per heavy atom. The molecule has 2 aliphatic rings. The zero-order chi connectivity index (χ0) is 67.6. The Morgan fingerprint density at radius 2 is 1.28 bits per heavy atom. The van der Waals surface area contributed by atoms with Crippen molar-refractivity contribution in [3.63, 3.8) is 0 Å². The highest BCUT2D eigenvalue weighted by Gasteiger charge is 2.44. The summed E-state index contributed by atoms with van der Waals surface area (Å²) in [5.41, 5.74) is 13.4. The summed E-state index contributed by atoms with van der Waals surface area (Å²) in [6.45, 7) is 2.42. The number of unbranched alkanes of at least 4 members (excludes halogenated alkanes) is 1. The van der Waals surface area contributed by atoms with Crippen LogP contribution in [0.4, 0.5) is 8.78 Å². The number of amides is 10. The van der Waals surface area contributed by atoms with E-state index in [4.69, 9.17) is 11.5 Å². The number of nitrogens with two attached hydrogens (primary N) is 2. The Bertz CT molecular complexity index is 3750. The van der Waals surface area contributed by atoms with Crippen molar-refractivity contribution in [3.8, 4) is 0 Å². The van der Waals surface area contributed by atoms with Crippen molar-refractivity contribution in [2.75, 3.05) is 31.1 Å². The fourth-order valence-corrected chi connectivity index (χ4v) is 13.0. The van der Waals surface area contributed by atoms with Gasteiger partial charge in [0.25, 0.3) is 0 Å². The van der Waals surface area contributed by atoms with E-state index in [1.165, 1.54) is 104 Å². The SMILES string of the molecule is CC1(C)NC(=O)[C@H](Cc2cnc[nH]2)NC(=O)[C@H](CC(=O)O)NC(=O)[C@H](Cc2c[nH]c3ccc(F)cc23)NC(=O)[C@H](Cc2c[nH]c3ccc(F)cc23)NC(=O)CNC(=O)[C@H](CCCCN)NC(=O)CCSCc2cccc(c2)CSC[C@@H](C(N)=O)NC(=O)[C@@H]2CCCN2C1=O. The van der Waals surface area contributed by atoms with Gasteiger partial charge in [0.15, 0.2) is 0 Å². The molecule has 31 heteroatoms. The number of carboxylic acids is 1. The molecule has 0 spiro atoms. The number of primary amides is 1. The van der Waals surface area contributed by atoms with E-state index in [0.717, 1.165) is 11.1 Å². The molecule has 3 aromatic carbocycles. The number of carboxylic acid groups (broad SMARTS) is 1. The van der Waals surface area contributed by atoms with Gasteiger partial charge in [-0.1, -0.05) is 24.3 Å². The van der Waals surface area contributed by atoms with Crippen LogP contribution >= 0.6 is 23.5 Å². The lowest BCUT2D eigenvalue weighted by Gasteiger charge is -2.34. The van der Waals surface area contributed by atoms with Gasteiger partial charge in [0.2, 0.25) is 59.1 Å². The van der Waals surface area contributed by atoms with Crippen molar-refractivity contribution in [3.05, 3.63) is 125 Å². The highest BCUT2D eigenvalue weighted by atomic mass is 32.2. The minimum atomic E-state index is -2.00. The number of carbonyl (C=O) groups excluding carboxylic acids is 10. The summed E-state index contributed by atoms with van der Waals surface area (Å²) in [7, 11) is 0. The van der Waals surface area contributed by atoms with E-state index in [1.807, 2.05) is 24.3 Å². The third-order valence-electron chi connectivity index (χ3n) is 16.0. The standard InChI is InChI=1S/C63H77F2N15O12S2/c1-63(2)62(92)80-17-6-10-51(80)61(91)78-50(55(67)85)32-94-31-35-8-5-7-34(19-35)30-93-18-15-52(81)73-45(9-3-4-16-66)56(86)71-29-53(82)74-46(20-36-26-69-43-13-11-38(64)22-41(36)43)57(87)75-47(21-37-27-70-44-14-12-39(65)23-42(37)44)58(88)77-49(25-54(83)84)59(89)76-48(60(90)79-63)24-40-28-68-33-72-40/h5,7-8,11-14,19,22-23,26-28,33,45-51,69-70H,3-4,6,9-10,15-18,20-21,24-25,29-32,66H2,1-2H3,(H2,67,85)(H,68,72)(H,71,86)(H,73,81)(H,74,82)(H,75,87)(H,76,89)(H,77,88)(H,78,91)(H,79,90)(H,83,84)/t45-,46-,47-,48-,49-,50-,51-/m0/s1. The van der Waals surface area contributed by atoms with Gasteiger partial charge in [-0.05, 0) is 111 Å². The Labute approximate surface area is 547 Å². The van der Waals surface area contributed by atoms with Gasteiger partial charge in [-0.15, -0.1) is 0 Å². The molecule has 5 heterocycles. The molecule has 0 radical (unpaired) electrons. The van der Waals surface area contributed by atoms with E-state index < -0.39 is 144 Å². The average molecular weight is 1340 g/mol. The molecule has 1 fully saturated rings. The van der Waals surface area contributed by atoms with Crippen molar-refractivity contribution >= 4 is 110 Å². The molecule has 27 nitrogen and oxygen atoms in total. The summed E-state index contributed by atoms with van der Waals surface area (Å²) in [4.78, 5) is 168. The van der Waals surface area contributed by atoms with Gasteiger partial charge >= 0.3 is 5.97 Å². The number of aliphatic carboxylic acids is 1. The van der Waals surface area contributed by atoms with Crippen molar-refractivity contribution in [2.45, 2.75) is 137 Å². The molecule has 2 bridgehead atoms. The van der Waals surface area contributed by atoms with Gasteiger partial charge in [0, 0.05) is 101 Å². The van der Waals surface area contributed by atoms with E-state index in [0.29, 0.717) is 70.7 Å². The van der Waals surface area contributed by atoms with E-state index >= 15 is 0 Å². The van der Waals surface area contributed by atoms with Crippen LogP contribution in [-0.2, 0) is 83.5 Å². The Hall–Kier alpha value is -9.36. The highest BCUT2D eigenvalue weighted by molar-refractivity contribution is 7.98. The molecular weight excluding hydrogens is 1260 g/mol. The first-order valence-electron chi connectivity index (χ1n) is 30.6. The second kappa shape index (κ2) is 33.0. The van der Waals surface area contributed by atoms with Crippen LogP contribution in [0, 0.1) is 11.6 Å². The number of H-pyrrole nitrogens is 3. The van der Waals surface area contributed by atoms with Crippen molar-refractivity contribution in [1.29, 1.82) is 0 Å². The number of aromatic nitrogens is 4. The molecule has 16 N–H and O–H groups in total. The molecule has 3 aromatic heterocycles. The van der Waals surface area contributed by atoms with Crippen LogP contribution in [0.25, 0.3) is 21.8 Å². The molecule has 7 atom stereocenters. The first-order chi connectivity index (χ1) is 44.9. The minimum absolute atomic E-state index is 0.0218. The van der Waals surface area contributed by atoms with Gasteiger partial charge in [0.1, 0.15) is 59.5 Å². The van der Waals surface area contributed by atoms with Crippen LogP contribution in [0.5, 0.6) is 0 Å². The number of thioether (sulfide) groups is 2. The zero-order valence-corrected chi connectivity index (χ0v) is 53.3. The van der Waals surface area contributed by atoms with Crippen LogP contribution < -0.4 is 54.0 Å². The molecule has 502 valence electrons. The maximum Gasteiger partial charge on any atom is 0.305 e.